The fourth-order valence-corrected chi connectivity index (χ4v) is 2.79. The van der Waals surface area contributed by atoms with Crippen LogP contribution < -0.4 is 10.1 Å². The standard InChI is InChI=1S/C20H17NO4S/c1-14-8-10-15(11-9-14)25-17-6-3-2-5-16(17)21-19(22)13-24-20(23)18-7-4-12-26-18/h2-12H,13H2,1H3,(H,21,22). The third kappa shape index (κ3) is 4.70. The van der Waals surface area contributed by atoms with Crippen molar-refractivity contribution in [3.05, 3.63) is 76.5 Å². The Morgan fingerprint density at radius 2 is 1.77 bits per heavy atom. The molecular weight excluding hydrogens is 350 g/mol. The maximum atomic E-state index is 12.1. The first kappa shape index (κ1) is 17.7. The Morgan fingerprint density at radius 3 is 2.50 bits per heavy atom. The summed E-state index contributed by atoms with van der Waals surface area (Å²) in [5.41, 5.74) is 1.64. The molecule has 0 saturated heterocycles. The van der Waals surface area contributed by atoms with Crippen LogP contribution in [0.15, 0.2) is 66.0 Å². The van der Waals surface area contributed by atoms with Crippen LogP contribution in [0.2, 0.25) is 0 Å². The molecule has 0 atom stereocenters. The average Bonchev–Trinajstić information content (AvgIpc) is 3.18. The number of esters is 1. The first-order valence-corrected chi connectivity index (χ1v) is 8.84. The van der Waals surface area contributed by atoms with Crippen molar-refractivity contribution in [1.29, 1.82) is 0 Å². The van der Waals surface area contributed by atoms with E-state index in [1.807, 2.05) is 37.3 Å². The van der Waals surface area contributed by atoms with Crippen molar-refractivity contribution in [3.8, 4) is 11.5 Å². The van der Waals surface area contributed by atoms with Crippen molar-refractivity contribution >= 4 is 28.9 Å². The second-order valence-corrected chi connectivity index (χ2v) is 6.46. The van der Waals surface area contributed by atoms with Crippen molar-refractivity contribution in [3.63, 3.8) is 0 Å². The molecule has 3 rings (SSSR count). The van der Waals surface area contributed by atoms with E-state index in [0.29, 0.717) is 22.1 Å². The van der Waals surface area contributed by atoms with Crippen LogP contribution >= 0.6 is 11.3 Å². The summed E-state index contributed by atoms with van der Waals surface area (Å²) in [6, 6.07) is 18.1. The van der Waals surface area contributed by atoms with Gasteiger partial charge in [-0.3, -0.25) is 4.79 Å². The van der Waals surface area contributed by atoms with Gasteiger partial charge in [-0.05, 0) is 42.6 Å². The van der Waals surface area contributed by atoms with Gasteiger partial charge in [0.25, 0.3) is 5.91 Å². The topological polar surface area (TPSA) is 64.6 Å². The highest BCUT2D eigenvalue weighted by molar-refractivity contribution is 7.11. The van der Waals surface area contributed by atoms with Crippen molar-refractivity contribution in [2.45, 2.75) is 6.92 Å². The number of nitrogens with one attached hydrogen (secondary N) is 1. The lowest BCUT2D eigenvalue weighted by Gasteiger charge is -2.12. The number of rotatable bonds is 6. The number of amides is 1. The lowest BCUT2D eigenvalue weighted by atomic mass is 10.2. The third-order valence-electron chi connectivity index (χ3n) is 3.47. The molecule has 1 aromatic heterocycles. The summed E-state index contributed by atoms with van der Waals surface area (Å²) in [5, 5.41) is 4.48. The number of ether oxygens (including phenoxy) is 2. The Balaban J connectivity index is 1.61. The number of anilines is 1. The van der Waals surface area contributed by atoms with E-state index in [2.05, 4.69) is 5.32 Å². The second-order valence-electron chi connectivity index (χ2n) is 5.51. The molecule has 1 N–H and O–H groups in total. The molecule has 3 aromatic rings. The Hall–Kier alpha value is -3.12. The lowest BCUT2D eigenvalue weighted by molar-refractivity contribution is -0.119. The number of aryl methyl sites for hydroxylation is 1. The minimum atomic E-state index is -0.514. The van der Waals surface area contributed by atoms with Crippen molar-refractivity contribution in [2.24, 2.45) is 0 Å². The zero-order valence-corrected chi connectivity index (χ0v) is 14.9. The second kappa shape index (κ2) is 8.31. The van der Waals surface area contributed by atoms with E-state index < -0.39 is 11.9 Å². The molecule has 26 heavy (non-hydrogen) atoms. The van der Waals surface area contributed by atoms with Crippen LogP contribution in [0, 0.1) is 6.92 Å². The zero-order chi connectivity index (χ0) is 18.4. The summed E-state index contributed by atoms with van der Waals surface area (Å²) in [6.07, 6.45) is 0. The maximum absolute atomic E-state index is 12.1. The fourth-order valence-electron chi connectivity index (χ4n) is 2.18. The molecule has 0 fully saturated rings. The van der Waals surface area contributed by atoms with Crippen molar-refractivity contribution < 1.29 is 19.1 Å². The molecule has 0 bridgehead atoms. The number of thiophene rings is 1. The van der Waals surface area contributed by atoms with Crippen molar-refractivity contribution in [2.75, 3.05) is 11.9 Å². The van der Waals surface area contributed by atoms with Gasteiger partial charge in [-0.2, -0.15) is 0 Å². The minimum Gasteiger partial charge on any atom is -0.455 e. The molecule has 0 aliphatic rings. The molecule has 1 amide bonds. The summed E-state index contributed by atoms with van der Waals surface area (Å²) in [4.78, 5) is 24.3. The van der Waals surface area contributed by atoms with Gasteiger partial charge in [0.05, 0.1) is 5.69 Å². The smallest absolute Gasteiger partial charge is 0.348 e. The molecule has 0 aliphatic carbocycles. The summed E-state index contributed by atoms with van der Waals surface area (Å²) >= 11 is 1.27. The van der Waals surface area contributed by atoms with Crippen LogP contribution in [0.25, 0.3) is 0 Å². The highest BCUT2D eigenvalue weighted by Crippen LogP contribution is 2.29. The van der Waals surface area contributed by atoms with Crippen LogP contribution in [0.1, 0.15) is 15.2 Å². The van der Waals surface area contributed by atoms with Crippen LogP contribution in [-0.2, 0) is 9.53 Å². The highest BCUT2D eigenvalue weighted by atomic mass is 32.1. The Labute approximate surface area is 155 Å². The van der Waals surface area contributed by atoms with Gasteiger partial charge in [-0.15, -0.1) is 11.3 Å². The van der Waals surface area contributed by atoms with Crippen LogP contribution in [0.5, 0.6) is 11.5 Å². The van der Waals surface area contributed by atoms with Gasteiger partial charge in [-0.1, -0.05) is 35.9 Å². The van der Waals surface area contributed by atoms with Gasteiger partial charge in [0.1, 0.15) is 10.6 Å². The van der Waals surface area contributed by atoms with Gasteiger partial charge in [0.2, 0.25) is 0 Å². The normalized spacial score (nSPS) is 10.2. The van der Waals surface area contributed by atoms with Crippen LogP contribution in [0.4, 0.5) is 5.69 Å². The van der Waals surface area contributed by atoms with E-state index in [0.717, 1.165) is 5.56 Å². The molecule has 0 radical (unpaired) electrons. The minimum absolute atomic E-state index is 0.365. The molecule has 5 nitrogen and oxygen atoms in total. The number of hydrogen-bond acceptors (Lipinski definition) is 5. The van der Waals surface area contributed by atoms with Crippen LogP contribution in [-0.4, -0.2) is 18.5 Å². The number of carbonyl (C=O) groups is 2. The average molecular weight is 367 g/mol. The molecule has 0 unspecified atom stereocenters. The summed E-state index contributed by atoms with van der Waals surface area (Å²) < 4.78 is 10.8. The van der Waals surface area contributed by atoms with E-state index in [1.165, 1.54) is 11.3 Å². The lowest BCUT2D eigenvalue weighted by Crippen LogP contribution is -2.20. The number of hydrogen-bond donors (Lipinski definition) is 1. The number of benzene rings is 2. The molecular formula is C20H17NO4S. The molecule has 2 aromatic carbocycles. The van der Waals surface area contributed by atoms with Crippen molar-refractivity contribution in [1.82, 2.24) is 0 Å². The van der Waals surface area contributed by atoms with Gasteiger partial charge in [0, 0.05) is 0 Å². The molecule has 0 spiro atoms. The predicted octanol–water partition coefficient (Wildman–Crippen LogP) is 4.64. The zero-order valence-electron chi connectivity index (χ0n) is 14.1. The number of carbonyl (C=O) groups excluding carboxylic acids is 2. The fraction of sp³-hybridized carbons (Fsp3) is 0.100. The Bertz CT molecular complexity index is 888. The first-order valence-electron chi connectivity index (χ1n) is 7.96. The molecule has 132 valence electrons. The summed E-state index contributed by atoms with van der Waals surface area (Å²) in [6.45, 7) is 1.63. The van der Waals surface area contributed by atoms with E-state index in [1.54, 1.807) is 35.7 Å². The number of para-hydroxylation sites is 2. The molecule has 0 aliphatic heterocycles. The quantitative estimate of drug-likeness (QED) is 0.645. The molecule has 1 heterocycles. The van der Waals surface area contributed by atoms with Crippen LogP contribution in [0.3, 0.4) is 0 Å². The first-order chi connectivity index (χ1) is 12.6. The Morgan fingerprint density at radius 1 is 1.00 bits per heavy atom. The van der Waals surface area contributed by atoms with Gasteiger partial charge < -0.3 is 14.8 Å². The largest absolute Gasteiger partial charge is 0.455 e. The SMILES string of the molecule is Cc1ccc(Oc2ccccc2NC(=O)COC(=O)c2cccs2)cc1. The highest BCUT2D eigenvalue weighted by Gasteiger charge is 2.13. The summed E-state index contributed by atoms with van der Waals surface area (Å²) in [5.74, 6) is 0.227. The monoisotopic (exact) mass is 367 g/mol. The molecule has 6 heteroatoms. The summed E-state index contributed by atoms with van der Waals surface area (Å²) in [7, 11) is 0. The predicted molar refractivity (Wildman–Crippen MR) is 101 cm³/mol. The van der Waals surface area contributed by atoms with E-state index >= 15 is 0 Å². The third-order valence-corrected chi connectivity index (χ3v) is 4.32. The van der Waals surface area contributed by atoms with E-state index in [4.69, 9.17) is 9.47 Å². The van der Waals surface area contributed by atoms with Gasteiger partial charge >= 0.3 is 5.97 Å². The van der Waals surface area contributed by atoms with E-state index in [-0.39, 0.29) is 6.61 Å². The Kier molecular flexibility index (Phi) is 5.66. The molecule has 0 saturated carbocycles. The maximum Gasteiger partial charge on any atom is 0.348 e. The van der Waals surface area contributed by atoms with Gasteiger partial charge in [-0.25, -0.2) is 4.79 Å². The van der Waals surface area contributed by atoms with E-state index in [9.17, 15) is 9.59 Å². The van der Waals surface area contributed by atoms with Gasteiger partial charge in [0.15, 0.2) is 12.4 Å².